The lowest BCUT2D eigenvalue weighted by molar-refractivity contribution is 0.0746. The number of piperazine rings is 1. The maximum absolute atomic E-state index is 12.9. The Labute approximate surface area is 165 Å². The highest BCUT2D eigenvalue weighted by atomic mass is 16.2. The lowest BCUT2D eigenvalue weighted by Gasteiger charge is -2.34. The van der Waals surface area contributed by atoms with E-state index < -0.39 is 0 Å². The zero-order valence-electron chi connectivity index (χ0n) is 16.3. The summed E-state index contributed by atoms with van der Waals surface area (Å²) in [6.45, 7) is 3.88. The molecule has 0 spiro atoms. The molecule has 2 amide bonds. The van der Waals surface area contributed by atoms with Crippen molar-refractivity contribution in [1.82, 2.24) is 25.1 Å². The van der Waals surface area contributed by atoms with Crippen LogP contribution in [0.1, 0.15) is 20.7 Å². The van der Waals surface area contributed by atoms with Crippen molar-refractivity contribution in [1.29, 1.82) is 0 Å². The number of hydrogen-bond acceptors (Lipinski definition) is 6. The standard InChI is InChI=1S/C20H26N6O2/c1-24(2)10-9-21-18(27)16-5-3-6-17(15-16)19(28)25-11-13-26(14-12-25)20-22-7-4-8-23-20/h3-8,15H,9-14H2,1-2H3,(H,21,27). The molecule has 1 saturated heterocycles. The minimum absolute atomic E-state index is 0.0587. The first-order chi connectivity index (χ1) is 13.5. The molecule has 1 aromatic carbocycles. The number of nitrogens with zero attached hydrogens (tertiary/aromatic N) is 5. The second kappa shape index (κ2) is 9.27. The number of rotatable bonds is 6. The van der Waals surface area contributed by atoms with Gasteiger partial charge in [-0.15, -0.1) is 0 Å². The van der Waals surface area contributed by atoms with E-state index >= 15 is 0 Å². The summed E-state index contributed by atoms with van der Waals surface area (Å²) < 4.78 is 0. The fourth-order valence-corrected chi connectivity index (χ4v) is 3.04. The number of carbonyl (C=O) groups excluding carboxylic acids is 2. The summed E-state index contributed by atoms with van der Waals surface area (Å²) in [6, 6.07) is 8.69. The first-order valence-electron chi connectivity index (χ1n) is 9.39. The molecule has 1 fully saturated rings. The molecule has 0 saturated carbocycles. The number of anilines is 1. The van der Waals surface area contributed by atoms with Crippen LogP contribution in [0.4, 0.5) is 5.95 Å². The Morgan fingerprint density at radius 2 is 1.71 bits per heavy atom. The van der Waals surface area contributed by atoms with Crippen molar-refractivity contribution < 1.29 is 9.59 Å². The summed E-state index contributed by atoms with van der Waals surface area (Å²) in [7, 11) is 3.91. The molecule has 0 unspecified atom stereocenters. The van der Waals surface area contributed by atoms with Gasteiger partial charge in [-0.05, 0) is 38.4 Å². The van der Waals surface area contributed by atoms with Crippen LogP contribution >= 0.6 is 0 Å². The minimum atomic E-state index is -0.164. The zero-order valence-corrected chi connectivity index (χ0v) is 16.3. The molecule has 2 heterocycles. The Kier molecular flexibility index (Phi) is 6.54. The number of aromatic nitrogens is 2. The molecule has 0 aliphatic carbocycles. The van der Waals surface area contributed by atoms with Crippen LogP contribution in [0.15, 0.2) is 42.7 Å². The number of amides is 2. The molecule has 1 aromatic heterocycles. The maximum atomic E-state index is 12.9. The molecular weight excluding hydrogens is 356 g/mol. The van der Waals surface area contributed by atoms with Crippen LogP contribution in [-0.4, -0.2) is 84.9 Å². The first kappa shape index (κ1) is 19.8. The van der Waals surface area contributed by atoms with Gasteiger partial charge in [0, 0.05) is 62.8 Å². The highest BCUT2D eigenvalue weighted by Crippen LogP contribution is 2.14. The van der Waals surface area contributed by atoms with E-state index in [1.807, 2.05) is 23.9 Å². The molecular formula is C20H26N6O2. The normalized spacial score (nSPS) is 14.2. The second-order valence-corrected chi connectivity index (χ2v) is 6.97. The molecule has 1 aliphatic rings. The second-order valence-electron chi connectivity index (χ2n) is 6.97. The molecule has 28 heavy (non-hydrogen) atoms. The molecule has 0 bridgehead atoms. The van der Waals surface area contributed by atoms with E-state index in [-0.39, 0.29) is 11.8 Å². The van der Waals surface area contributed by atoms with Crippen LogP contribution in [0.5, 0.6) is 0 Å². The van der Waals surface area contributed by atoms with Crippen LogP contribution < -0.4 is 10.2 Å². The SMILES string of the molecule is CN(C)CCNC(=O)c1cccc(C(=O)N2CCN(c3ncccn3)CC2)c1. The monoisotopic (exact) mass is 382 g/mol. The van der Waals surface area contributed by atoms with Crippen LogP contribution in [-0.2, 0) is 0 Å². The van der Waals surface area contributed by atoms with E-state index in [2.05, 4.69) is 20.2 Å². The van der Waals surface area contributed by atoms with E-state index in [1.165, 1.54) is 0 Å². The van der Waals surface area contributed by atoms with Crippen molar-refractivity contribution in [2.24, 2.45) is 0 Å². The van der Waals surface area contributed by atoms with Crippen LogP contribution in [0.25, 0.3) is 0 Å². The van der Waals surface area contributed by atoms with Crippen molar-refractivity contribution in [2.45, 2.75) is 0 Å². The number of benzene rings is 1. The van der Waals surface area contributed by atoms with Gasteiger partial charge in [-0.3, -0.25) is 9.59 Å². The Balaban J connectivity index is 1.58. The first-order valence-corrected chi connectivity index (χ1v) is 9.39. The molecule has 2 aromatic rings. The molecule has 1 N–H and O–H groups in total. The van der Waals surface area contributed by atoms with Crippen molar-refractivity contribution in [3.8, 4) is 0 Å². The maximum Gasteiger partial charge on any atom is 0.253 e. The summed E-state index contributed by atoms with van der Waals surface area (Å²) >= 11 is 0. The largest absolute Gasteiger partial charge is 0.351 e. The highest BCUT2D eigenvalue weighted by molar-refractivity contribution is 5.99. The Bertz CT molecular complexity index is 803. The van der Waals surface area contributed by atoms with E-state index in [9.17, 15) is 9.59 Å². The van der Waals surface area contributed by atoms with E-state index in [4.69, 9.17) is 0 Å². The number of hydrogen-bond donors (Lipinski definition) is 1. The third-order valence-electron chi connectivity index (χ3n) is 4.62. The Morgan fingerprint density at radius 1 is 1.04 bits per heavy atom. The third kappa shape index (κ3) is 5.04. The topological polar surface area (TPSA) is 81.7 Å². The van der Waals surface area contributed by atoms with Crippen LogP contribution in [0.3, 0.4) is 0 Å². The number of nitrogens with one attached hydrogen (secondary N) is 1. The number of carbonyl (C=O) groups is 2. The Morgan fingerprint density at radius 3 is 2.39 bits per heavy atom. The van der Waals surface area contributed by atoms with E-state index in [0.717, 1.165) is 6.54 Å². The quantitative estimate of drug-likeness (QED) is 0.793. The fraction of sp³-hybridized carbons (Fsp3) is 0.400. The molecule has 0 radical (unpaired) electrons. The van der Waals surface area contributed by atoms with Gasteiger partial charge in [0.05, 0.1) is 0 Å². The van der Waals surface area contributed by atoms with E-state index in [0.29, 0.717) is 49.8 Å². The van der Waals surface area contributed by atoms with Crippen molar-refractivity contribution in [3.05, 3.63) is 53.9 Å². The summed E-state index contributed by atoms with van der Waals surface area (Å²) in [5.41, 5.74) is 1.03. The van der Waals surface area contributed by atoms with Gasteiger partial charge < -0.3 is 20.0 Å². The summed E-state index contributed by atoms with van der Waals surface area (Å²) in [5, 5.41) is 2.87. The molecule has 8 heteroatoms. The minimum Gasteiger partial charge on any atom is -0.351 e. The average Bonchev–Trinajstić information content (AvgIpc) is 2.74. The molecule has 1 aliphatic heterocycles. The molecule has 148 valence electrons. The highest BCUT2D eigenvalue weighted by Gasteiger charge is 2.23. The van der Waals surface area contributed by atoms with Gasteiger partial charge >= 0.3 is 0 Å². The predicted molar refractivity (Wildman–Crippen MR) is 107 cm³/mol. The van der Waals surface area contributed by atoms with Gasteiger partial charge in [-0.25, -0.2) is 9.97 Å². The van der Waals surface area contributed by atoms with Gasteiger partial charge in [0.2, 0.25) is 5.95 Å². The Hall–Kier alpha value is -3.00. The van der Waals surface area contributed by atoms with Crippen LogP contribution in [0.2, 0.25) is 0 Å². The van der Waals surface area contributed by atoms with Gasteiger partial charge in [0.15, 0.2) is 0 Å². The smallest absolute Gasteiger partial charge is 0.253 e. The molecule has 3 rings (SSSR count). The summed E-state index contributed by atoms with van der Waals surface area (Å²) in [6.07, 6.45) is 3.43. The van der Waals surface area contributed by atoms with Crippen molar-refractivity contribution in [3.63, 3.8) is 0 Å². The lowest BCUT2D eigenvalue weighted by Crippen LogP contribution is -2.49. The third-order valence-corrected chi connectivity index (χ3v) is 4.62. The van der Waals surface area contributed by atoms with E-state index in [1.54, 1.807) is 42.7 Å². The predicted octanol–water partition coefficient (Wildman–Crippen LogP) is 0.730. The molecule has 0 atom stereocenters. The average molecular weight is 382 g/mol. The van der Waals surface area contributed by atoms with Gasteiger partial charge in [-0.1, -0.05) is 6.07 Å². The molecule has 8 nitrogen and oxygen atoms in total. The van der Waals surface area contributed by atoms with Gasteiger partial charge in [0.25, 0.3) is 11.8 Å². The van der Waals surface area contributed by atoms with Gasteiger partial charge in [0.1, 0.15) is 0 Å². The van der Waals surface area contributed by atoms with Gasteiger partial charge in [-0.2, -0.15) is 0 Å². The number of likely N-dealkylation sites (N-methyl/N-ethyl adjacent to an activating group) is 1. The van der Waals surface area contributed by atoms with Crippen molar-refractivity contribution >= 4 is 17.8 Å². The lowest BCUT2D eigenvalue weighted by atomic mass is 10.1. The zero-order chi connectivity index (χ0) is 19.9. The summed E-state index contributed by atoms with van der Waals surface area (Å²) in [5.74, 6) is 0.463. The summed E-state index contributed by atoms with van der Waals surface area (Å²) in [4.78, 5) is 39.6. The van der Waals surface area contributed by atoms with Crippen molar-refractivity contribution in [2.75, 3.05) is 58.3 Å². The fourth-order valence-electron chi connectivity index (χ4n) is 3.04. The van der Waals surface area contributed by atoms with Crippen LogP contribution in [0, 0.1) is 0 Å².